The minimum atomic E-state index is -0.322. The van der Waals surface area contributed by atoms with Crippen LogP contribution in [0, 0.1) is 5.92 Å². The molecule has 0 aromatic rings. The summed E-state index contributed by atoms with van der Waals surface area (Å²) in [6.45, 7) is 5.80. The first-order valence-corrected chi connectivity index (χ1v) is 5.07. The molecule has 0 bridgehead atoms. The van der Waals surface area contributed by atoms with E-state index in [1.807, 2.05) is 6.92 Å². The van der Waals surface area contributed by atoms with Gasteiger partial charge in [0.2, 0.25) is 0 Å². The normalized spacial score (nSPS) is 35.5. The number of rotatable bonds is 1. The van der Waals surface area contributed by atoms with Crippen LogP contribution < -0.4 is 0 Å². The van der Waals surface area contributed by atoms with Gasteiger partial charge in [-0.05, 0) is 19.8 Å². The van der Waals surface area contributed by atoms with E-state index in [-0.39, 0.29) is 11.6 Å². The highest BCUT2D eigenvalue weighted by molar-refractivity contribution is 5.96. The van der Waals surface area contributed by atoms with Gasteiger partial charge >= 0.3 is 5.97 Å². The highest BCUT2D eigenvalue weighted by Gasteiger charge is 2.51. The van der Waals surface area contributed by atoms with Crippen molar-refractivity contribution in [3.8, 4) is 0 Å². The lowest BCUT2D eigenvalue weighted by Crippen LogP contribution is -2.53. The zero-order chi connectivity index (χ0) is 9.47. The van der Waals surface area contributed by atoms with Crippen LogP contribution in [0.3, 0.4) is 0 Å². The van der Waals surface area contributed by atoms with E-state index < -0.39 is 0 Å². The molecule has 2 aliphatic rings. The van der Waals surface area contributed by atoms with Crippen molar-refractivity contribution < 1.29 is 9.53 Å². The molecule has 0 radical (unpaired) electrons. The van der Waals surface area contributed by atoms with E-state index in [9.17, 15) is 4.79 Å². The van der Waals surface area contributed by atoms with E-state index in [1.165, 1.54) is 32.1 Å². The number of hydrogen-bond donors (Lipinski definition) is 0. The standard InChI is InChI=1S/C11H16O2/c1-8-10(12)13-11(8,2)9-6-4-3-5-7-9/h9H,1,3-7H2,2H3/t11-/m1/s1. The van der Waals surface area contributed by atoms with Crippen molar-refractivity contribution in [3.05, 3.63) is 12.2 Å². The summed E-state index contributed by atoms with van der Waals surface area (Å²) >= 11 is 0. The highest BCUT2D eigenvalue weighted by Crippen LogP contribution is 2.45. The summed E-state index contributed by atoms with van der Waals surface area (Å²) in [5.74, 6) is 0.319. The van der Waals surface area contributed by atoms with Gasteiger partial charge in [-0.3, -0.25) is 0 Å². The SMILES string of the molecule is C=C1C(=O)O[C@@]1(C)C1CCCCC1. The van der Waals surface area contributed by atoms with Gasteiger partial charge in [0.1, 0.15) is 5.60 Å². The summed E-state index contributed by atoms with van der Waals surface area (Å²) in [7, 11) is 0. The summed E-state index contributed by atoms with van der Waals surface area (Å²) in [5.41, 5.74) is 0.358. The topological polar surface area (TPSA) is 26.3 Å². The average molecular weight is 180 g/mol. The largest absolute Gasteiger partial charge is 0.450 e. The predicted octanol–water partition coefficient (Wildman–Crippen LogP) is 2.44. The van der Waals surface area contributed by atoms with Crippen LogP contribution in [0.15, 0.2) is 12.2 Å². The van der Waals surface area contributed by atoms with Crippen LogP contribution in [-0.4, -0.2) is 11.6 Å². The molecule has 0 aromatic heterocycles. The molecular weight excluding hydrogens is 164 g/mol. The summed E-state index contributed by atoms with van der Waals surface area (Å²) in [6, 6.07) is 0. The van der Waals surface area contributed by atoms with E-state index in [2.05, 4.69) is 6.58 Å². The first-order chi connectivity index (χ1) is 6.14. The number of esters is 1. The van der Waals surface area contributed by atoms with Gasteiger partial charge in [0.05, 0.1) is 5.57 Å². The molecule has 13 heavy (non-hydrogen) atoms. The number of hydrogen-bond acceptors (Lipinski definition) is 2. The molecule has 0 amide bonds. The van der Waals surface area contributed by atoms with Crippen molar-refractivity contribution in [1.29, 1.82) is 0 Å². The van der Waals surface area contributed by atoms with Crippen LogP contribution >= 0.6 is 0 Å². The predicted molar refractivity (Wildman–Crippen MR) is 50.2 cm³/mol. The first kappa shape index (κ1) is 8.79. The van der Waals surface area contributed by atoms with Crippen molar-refractivity contribution in [2.45, 2.75) is 44.6 Å². The zero-order valence-electron chi connectivity index (χ0n) is 8.14. The summed E-state index contributed by atoms with van der Waals surface area (Å²) < 4.78 is 5.24. The maximum atomic E-state index is 11.0. The molecule has 2 heteroatoms. The quantitative estimate of drug-likeness (QED) is 0.457. The fraction of sp³-hybridized carbons (Fsp3) is 0.727. The van der Waals surface area contributed by atoms with Gasteiger partial charge in [0.25, 0.3) is 0 Å². The molecule has 0 spiro atoms. The summed E-state index contributed by atoms with van der Waals surface area (Å²) in [6.07, 6.45) is 6.23. The molecule has 1 aliphatic heterocycles. The van der Waals surface area contributed by atoms with Gasteiger partial charge in [0.15, 0.2) is 0 Å². The van der Waals surface area contributed by atoms with Gasteiger partial charge in [-0.15, -0.1) is 0 Å². The minimum Gasteiger partial charge on any atom is -0.450 e. The smallest absolute Gasteiger partial charge is 0.338 e. The third-order valence-corrected chi connectivity index (χ3v) is 3.53. The van der Waals surface area contributed by atoms with Crippen molar-refractivity contribution in [2.75, 3.05) is 0 Å². The number of carbonyl (C=O) groups is 1. The molecular formula is C11H16O2. The van der Waals surface area contributed by atoms with E-state index in [0.29, 0.717) is 11.5 Å². The molecule has 2 fully saturated rings. The Morgan fingerprint density at radius 1 is 1.38 bits per heavy atom. The Labute approximate surface area is 79.0 Å². The Morgan fingerprint density at radius 3 is 2.46 bits per heavy atom. The lowest BCUT2D eigenvalue weighted by Gasteiger charge is -2.46. The second kappa shape index (κ2) is 2.86. The summed E-state index contributed by atoms with van der Waals surface area (Å²) in [5, 5.41) is 0. The highest BCUT2D eigenvalue weighted by atomic mass is 16.6. The van der Waals surface area contributed by atoms with Crippen LogP contribution in [0.1, 0.15) is 39.0 Å². The fourth-order valence-electron chi connectivity index (χ4n) is 2.46. The molecule has 2 nitrogen and oxygen atoms in total. The van der Waals surface area contributed by atoms with Crippen LogP contribution in [-0.2, 0) is 9.53 Å². The Bertz CT molecular complexity index is 251. The Kier molecular flexibility index (Phi) is 1.94. The zero-order valence-corrected chi connectivity index (χ0v) is 8.14. The maximum absolute atomic E-state index is 11.0. The van der Waals surface area contributed by atoms with Gasteiger partial charge < -0.3 is 4.74 Å². The van der Waals surface area contributed by atoms with E-state index >= 15 is 0 Å². The molecule has 72 valence electrons. The van der Waals surface area contributed by atoms with Crippen LogP contribution in [0.2, 0.25) is 0 Å². The second-order valence-electron chi connectivity index (χ2n) is 4.31. The molecule has 1 saturated carbocycles. The van der Waals surface area contributed by atoms with Crippen molar-refractivity contribution in [2.24, 2.45) is 5.92 Å². The van der Waals surface area contributed by atoms with Crippen LogP contribution in [0.5, 0.6) is 0 Å². The van der Waals surface area contributed by atoms with Gasteiger partial charge in [-0.2, -0.15) is 0 Å². The van der Waals surface area contributed by atoms with Gasteiger partial charge in [-0.1, -0.05) is 25.8 Å². The average Bonchev–Trinajstić information content (AvgIpc) is 2.19. The molecule has 2 rings (SSSR count). The van der Waals surface area contributed by atoms with Crippen molar-refractivity contribution in [1.82, 2.24) is 0 Å². The Balaban J connectivity index is 2.07. The minimum absolute atomic E-state index is 0.201. The molecule has 1 aliphatic carbocycles. The third-order valence-electron chi connectivity index (χ3n) is 3.53. The van der Waals surface area contributed by atoms with Gasteiger partial charge in [0, 0.05) is 5.92 Å². The molecule has 1 atom stereocenters. The van der Waals surface area contributed by atoms with E-state index in [4.69, 9.17) is 4.74 Å². The third kappa shape index (κ3) is 1.19. The molecule has 0 aromatic carbocycles. The van der Waals surface area contributed by atoms with Crippen molar-refractivity contribution in [3.63, 3.8) is 0 Å². The molecule has 1 heterocycles. The maximum Gasteiger partial charge on any atom is 0.338 e. The van der Waals surface area contributed by atoms with Gasteiger partial charge in [-0.25, -0.2) is 4.79 Å². The number of cyclic esters (lactones) is 1. The number of ether oxygens (including phenoxy) is 1. The first-order valence-electron chi connectivity index (χ1n) is 5.07. The van der Waals surface area contributed by atoms with E-state index in [0.717, 1.165) is 0 Å². The molecule has 0 unspecified atom stereocenters. The van der Waals surface area contributed by atoms with E-state index in [1.54, 1.807) is 0 Å². The molecule has 0 N–H and O–H groups in total. The lowest BCUT2D eigenvalue weighted by molar-refractivity contribution is -0.178. The summed E-state index contributed by atoms with van der Waals surface area (Å²) in [4.78, 5) is 11.0. The number of carbonyl (C=O) groups excluding carboxylic acids is 1. The lowest BCUT2D eigenvalue weighted by atomic mass is 9.72. The van der Waals surface area contributed by atoms with Crippen molar-refractivity contribution >= 4 is 5.97 Å². The fourth-order valence-corrected chi connectivity index (χ4v) is 2.46. The second-order valence-corrected chi connectivity index (χ2v) is 4.31. The Hall–Kier alpha value is -0.790. The molecule has 1 saturated heterocycles. The Morgan fingerprint density at radius 2 is 2.00 bits per heavy atom. The van der Waals surface area contributed by atoms with Crippen LogP contribution in [0.25, 0.3) is 0 Å². The monoisotopic (exact) mass is 180 g/mol. The van der Waals surface area contributed by atoms with Crippen LogP contribution in [0.4, 0.5) is 0 Å².